The van der Waals surface area contributed by atoms with Gasteiger partial charge in [0.1, 0.15) is 5.82 Å². The van der Waals surface area contributed by atoms with E-state index in [1.165, 1.54) is 33.6 Å². The van der Waals surface area contributed by atoms with E-state index in [1.807, 2.05) is 12.1 Å². The Hall–Kier alpha value is -1.96. The number of hydrogen-bond donors (Lipinski definition) is 1. The Bertz CT molecular complexity index is 1050. The topological polar surface area (TPSA) is 66.5 Å². The molecule has 1 atom stereocenters. The lowest BCUT2D eigenvalue weighted by Crippen LogP contribution is -2.44. The molecule has 1 amide bonds. The fourth-order valence-corrected chi connectivity index (χ4v) is 6.45. The maximum Gasteiger partial charge on any atom is 0.223 e. The molecular weight excluding hydrogens is 439 g/mol. The van der Waals surface area contributed by atoms with Crippen LogP contribution >= 0.6 is 11.6 Å². The molecule has 1 heterocycles. The van der Waals surface area contributed by atoms with Gasteiger partial charge in [0.15, 0.2) is 0 Å². The van der Waals surface area contributed by atoms with Gasteiger partial charge in [-0.2, -0.15) is 0 Å². The molecule has 31 heavy (non-hydrogen) atoms. The van der Waals surface area contributed by atoms with Crippen LogP contribution in [0.2, 0.25) is 5.02 Å². The zero-order valence-electron chi connectivity index (χ0n) is 17.2. The zero-order valence-corrected chi connectivity index (χ0v) is 18.8. The summed E-state index contributed by atoms with van der Waals surface area (Å²) in [5, 5.41) is 3.28. The Labute approximate surface area is 187 Å². The summed E-state index contributed by atoms with van der Waals surface area (Å²) in [6.07, 6.45) is 3.89. The van der Waals surface area contributed by atoms with Crippen molar-refractivity contribution >= 4 is 27.5 Å². The Kier molecular flexibility index (Phi) is 6.65. The van der Waals surface area contributed by atoms with Crippen LogP contribution in [0.4, 0.5) is 4.39 Å². The van der Waals surface area contributed by atoms with Crippen molar-refractivity contribution in [3.05, 3.63) is 70.0 Å². The van der Waals surface area contributed by atoms with Crippen molar-refractivity contribution in [3.63, 3.8) is 0 Å². The zero-order chi connectivity index (χ0) is 22.0. The van der Waals surface area contributed by atoms with Gasteiger partial charge in [0, 0.05) is 29.6 Å². The van der Waals surface area contributed by atoms with Gasteiger partial charge in [-0.25, -0.2) is 17.1 Å². The van der Waals surface area contributed by atoms with Crippen molar-refractivity contribution < 1.29 is 17.6 Å². The number of halogens is 2. The molecule has 1 N–H and O–H groups in total. The molecule has 1 aliphatic heterocycles. The molecular formula is C23H26ClFN2O3S. The summed E-state index contributed by atoms with van der Waals surface area (Å²) in [6, 6.07) is 12.3. The summed E-state index contributed by atoms with van der Waals surface area (Å²) in [4.78, 5) is 12.9. The van der Waals surface area contributed by atoms with Crippen LogP contribution in [-0.4, -0.2) is 31.7 Å². The lowest BCUT2D eigenvalue weighted by Gasteiger charge is -2.33. The smallest absolute Gasteiger partial charge is 0.223 e. The largest absolute Gasteiger partial charge is 0.349 e. The first kappa shape index (κ1) is 22.2. The SMILES string of the molecule is O=C(N[C@@H]1CCCc2ccccc21)C1CCN(S(=O)(=O)Cc2c(F)cccc2Cl)CC1. The predicted octanol–water partition coefficient (Wildman–Crippen LogP) is 4.21. The number of sulfonamides is 1. The van der Waals surface area contributed by atoms with Gasteiger partial charge in [-0.1, -0.05) is 41.9 Å². The lowest BCUT2D eigenvalue weighted by atomic mass is 9.87. The third-order valence-corrected chi connectivity index (χ3v) is 8.45. The highest BCUT2D eigenvalue weighted by Gasteiger charge is 2.33. The molecule has 5 nitrogen and oxygen atoms in total. The number of benzene rings is 2. The summed E-state index contributed by atoms with van der Waals surface area (Å²) < 4.78 is 40.9. The van der Waals surface area contributed by atoms with E-state index in [2.05, 4.69) is 17.4 Å². The van der Waals surface area contributed by atoms with E-state index >= 15 is 0 Å². The van der Waals surface area contributed by atoms with Gasteiger partial charge in [-0.3, -0.25) is 4.79 Å². The Balaban J connectivity index is 1.36. The van der Waals surface area contributed by atoms with Gasteiger partial charge in [-0.15, -0.1) is 0 Å². The van der Waals surface area contributed by atoms with Gasteiger partial charge < -0.3 is 5.32 Å². The van der Waals surface area contributed by atoms with E-state index in [1.54, 1.807) is 0 Å². The van der Waals surface area contributed by atoms with E-state index in [9.17, 15) is 17.6 Å². The molecule has 0 unspecified atom stereocenters. The normalized spacial score (nSPS) is 20.3. The molecule has 166 valence electrons. The van der Waals surface area contributed by atoms with Crippen LogP contribution in [0.15, 0.2) is 42.5 Å². The van der Waals surface area contributed by atoms with Crippen molar-refractivity contribution in [2.75, 3.05) is 13.1 Å². The predicted molar refractivity (Wildman–Crippen MR) is 119 cm³/mol. The van der Waals surface area contributed by atoms with Gasteiger partial charge >= 0.3 is 0 Å². The minimum Gasteiger partial charge on any atom is -0.349 e. The van der Waals surface area contributed by atoms with Gasteiger partial charge in [0.25, 0.3) is 0 Å². The molecule has 0 spiro atoms. The summed E-state index contributed by atoms with van der Waals surface area (Å²) in [5.74, 6) is -1.35. The van der Waals surface area contributed by atoms with Crippen LogP contribution in [0, 0.1) is 11.7 Å². The first-order valence-corrected chi connectivity index (χ1v) is 12.6. The van der Waals surface area contributed by atoms with Crippen LogP contribution < -0.4 is 5.32 Å². The number of fused-ring (bicyclic) bond motifs is 1. The molecule has 1 fully saturated rings. The second-order valence-corrected chi connectivity index (χ2v) is 10.7. The molecule has 0 aromatic heterocycles. The fourth-order valence-electron chi connectivity index (χ4n) is 4.53. The average molecular weight is 465 g/mol. The van der Waals surface area contributed by atoms with E-state index < -0.39 is 21.6 Å². The summed E-state index contributed by atoms with van der Waals surface area (Å²) in [6.45, 7) is 0.488. The van der Waals surface area contributed by atoms with Gasteiger partial charge in [0.05, 0.1) is 11.8 Å². The third kappa shape index (κ3) is 4.94. The Morgan fingerprint density at radius 3 is 2.58 bits per heavy atom. The number of carbonyl (C=O) groups is 1. The first-order chi connectivity index (χ1) is 14.8. The number of piperidine rings is 1. The number of amides is 1. The molecule has 2 aromatic rings. The second kappa shape index (κ2) is 9.27. The second-order valence-electron chi connectivity index (χ2n) is 8.28. The molecule has 2 aliphatic rings. The molecule has 1 aliphatic carbocycles. The molecule has 0 radical (unpaired) electrons. The standard InChI is InChI=1S/C23H26ClFN2O3S/c24-20-8-4-9-21(25)19(20)15-31(29,30)27-13-11-17(12-14-27)23(28)26-22-10-3-6-16-5-1-2-7-18(16)22/h1-2,4-5,7-9,17,22H,3,6,10-15H2,(H,26,28)/t22-/m1/s1. The van der Waals surface area contributed by atoms with Crippen LogP contribution in [0.3, 0.4) is 0 Å². The van der Waals surface area contributed by atoms with Crippen molar-refractivity contribution in [2.24, 2.45) is 5.92 Å². The average Bonchev–Trinajstić information content (AvgIpc) is 2.77. The first-order valence-electron chi connectivity index (χ1n) is 10.6. The number of aryl methyl sites for hydroxylation is 1. The van der Waals surface area contributed by atoms with Crippen LogP contribution in [-0.2, 0) is 27.0 Å². The molecule has 8 heteroatoms. The number of carbonyl (C=O) groups excluding carboxylic acids is 1. The Morgan fingerprint density at radius 1 is 1.10 bits per heavy atom. The number of nitrogens with one attached hydrogen (secondary N) is 1. The summed E-state index contributed by atoms with van der Waals surface area (Å²) in [5.41, 5.74) is 2.45. The fraction of sp³-hybridized carbons (Fsp3) is 0.435. The van der Waals surface area contributed by atoms with Gasteiger partial charge in [-0.05, 0) is 55.4 Å². The third-order valence-electron chi connectivity index (χ3n) is 6.29. The summed E-state index contributed by atoms with van der Waals surface area (Å²) in [7, 11) is -3.72. The van der Waals surface area contributed by atoms with E-state index in [0.717, 1.165) is 19.3 Å². The Morgan fingerprint density at radius 2 is 1.84 bits per heavy atom. The van der Waals surface area contributed by atoms with Crippen LogP contribution in [0.25, 0.3) is 0 Å². The molecule has 4 rings (SSSR count). The molecule has 2 aromatic carbocycles. The number of hydrogen-bond acceptors (Lipinski definition) is 3. The van der Waals surface area contributed by atoms with E-state index in [-0.39, 0.29) is 41.5 Å². The van der Waals surface area contributed by atoms with Crippen LogP contribution in [0.1, 0.15) is 48.4 Å². The maximum absolute atomic E-state index is 14.0. The number of nitrogens with zero attached hydrogens (tertiary/aromatic N) is 1. The van der Waals surface area contributed by atoms with Crippen LogP contribution in [0.5, 0.6) is 0 Å². The minimum absolute atomic E-state index is 0.0139. The number of rotatable bonds is 5. The summed E-state index contributed by atoms with van der Waals surface area (Å²) >= 11 is 5.99. The van der Waals surface area contributed by atoms with Crippen molar-refractivity contribution in [2.45, 2.75) is 43.9 Å². The monoisotopic (exact) mass is 464 g/mol. The van der Waals surface area contributed by atoms with Gasteiger partial charge in [0.2, 0.25) is 15.9 Å². The highest BCUT2D eigenvalue weighted by Crippen LogP contribution is 2.31. The lowest BCUT2D eigenvalue weighted by molar-refractivity contribution is -0.127. The molecule has 1 saturated heterocycles. The van der Waals surface area contributed by atoms with Crippen molar-refractivity contribution in [3.8, 4) is 0 Å². The molecule has 0 bridgehead atoms. The van der Waals surface area contributed by atoms with E-state index in [0.29, 0.717) is 12.8 Å². The van der Waals surface area contributed by atoms with Crippen molar-refractivity contribution in [1.29, 1.82) is 0 Å². The highest BCUT2D eigenvalue weighted by molar-refractivity contribution is 7.88. The van der Waals surface area contributed by atoms with Crippen molar-refractivity contribution in [1.82, 2.24) is 9.62 Å². The highest BCUT2D eigenvalue weighted by atomic mass is 35.5. The quantitative estimate of drug-likeness (QED) is 0.720. The van der Waals surface area contributed by atoms with E-state index in [4.69, 9.17) is 11.6 Å². The molecule has 0 saturated carbocycles. The maximum atomic E-state index is 14.0. The minimum atomic E-state index is -3.72.